The topological polar surface area (TPSA) is 105 Å². The SMILES string of the molecule is CC(C)c1ccc(C(=O)Nc2cccnc2C(=O)Nc2ccc(Cl)cn2)c(OCC2CCCNC2)c1.Cl. The van der Waals surface area contributed by atoms with Gasteiger partial charge in [0.05, 0.1) is 22.9 Å². The van der Waals surface area contributed by atoms with E-state index in [1.807, 2.05) is 12.1 Å². The van der Waals surface area contributed by atoms with Gasteiger partial charge in [0.25, 0.3) is 11.8 Å². The molecule has 37 heavy (non-hydrogen) atoms. The molecule has 10 heteroatoms. The minimum absolute atomic E-state index is 0. The highest BCUT2D eigenvalue weighted by Gasteiger charge is 2.21. The minimum Gasteiger partial charge on any atom is -0.492 e. The zero-order valence-electron chi connectivity index (χ0n) is 20.8. The van der Waals surface area contributed by atoms with Crippen molar-refractivity contribution in [3.8, 4) is 5.75 Å². The lowest BCUT2D eigenvalue weighted by Crippen LogP contribution is -2.33. The van der Waals surface area contributed by atoms with Gasteiger partial charge in [-0.15, -0.1) is 12.4 Å². The van der Waals surface area contributed by atoms with Crippen LogP contribution in [0.1, 0.15) is 59.0 Å². The first-order valence-electron chi connectivity index (χ1n) is 12.1. The van der Waals surface area contributed by atoms with Gasteiger partial charge in [-0.1, -0.05) is 31.5 Å². The number of piperidine rings is 1. The molecular formula is C27H31Cl2N5O3. The Bertz CT molecular complexity index is 1210. The lowest BCUT2D eigenvalue weighted by Gasteiger charge is -2.23. The van der Waals surface area contributed by atoms with E-state index >= 15 is 0 Å². The number of nitrogens with zero attached hydrogens (tertiary/aromatic N) is 2. The fourth-order valence-electron chi connectivity index (χ4n) is 3.98. The van der Waals surface area contributed by atoms with Crippen molar-refractivity contribution < 1.29 is 14.3 Å². The Kier molecular flexibility index (Phi) is 10.3. The van der Waals surface area contributed by atoms with Gasteiger partial charge in [0, 0.05) is 24.9 Å². The van der Waals surface area contributed by atoms with E-state index in [1.54, 1.807) is 30.3 Å². The van der Waals surface area contributed by atoms with Crippen LogP contribution in [0.5, 0.6) is 5.75 Å². The molecule has 2 amide bonds. The second-order valence-electron chi connectivity index (χ2n) is 9.10. The number of pyridine rings is 2. The normalized spacial score (nSPS) is 15.0. The summed E-state index contributed by atoms with van der Waals surface area (Å²) in [5.74, 6) is 0.656. The Hall–Kier alpha value is -3.20. The molecule has 4 rings (SSSR count). The third-order valence-corrected chi connectivity index (χ3v) is 6.25. The third-order valence-electron chi connectivity index (χ3n) is 6.03. The lowest BCUT2D eigenvalue weighted by molar-refractivity contribution is 0.102. The lowest BCUT2D eigenvalue weighted by atomic mass is 9.99. The smallest absolute Gasteiger partial charge is 0.277 e. The van der Waals surface area contributed by atoms with Crippen molar-refractivity contribution in [2.24, 2.45) is 5.92 Å². The summed E-state index contributed by atoms with van der Waals surface area (Å²) in [5.41, 5.74) is 1.83. The first-order chi connectivity index (χ1) is 17.4. The average molecular weight is 544 g/mol. The number of carbonyl (C=O) groups is 2. The van der Waals surface area contributed by atoms with E-state index < -0.39 is 5.91 Å². The van der Waals surface area contributed by atoms with Crippen LogP contribution in [0.25, 0.3) is 0 Å². The minimum atomic E-state index is -0.503. The number of hydrogen-bond donors (Lipinski definition) is 3. The number of ether oxygens (including phenoxy) is 1. The zero-order valence-corrected chi connectivity index (χ0v) is 22.4. The Balaban J connectivity index is 0.00000380. The van der Waals surface area contributed by atoms with E-state index in [-0.39, 0.29) is 35.6 Å². The largest absolute Gasteiger partial charge is 0.492 e. The summed E-state index contributed by atoms with van der Waals surface area (Å²) < 4.78 is 6.18. The number of hydrogen-bond acceptors (Lipinski definition) is 6. The molecule has 1 aromatic carbocycles. The number of amides is 2. The van der Waals surface area contributed by atoms with Crippen molar-refractivity contribution in [1.29, 1.82) is 0 Å². The molecule has 8 nitrogen and oxygen atoms in total. The van der Waals surface area contributed by atoms with Crippen LogP contribution < -0.4 is 20.7 Å². The molecule has 1 fully saturated rings. The average Bonchev–Trinajstić information content (AvgIpc) is 2.89. The second-order valence-corrected chi connectivity index (χ2v) is 9.54. The second kappa shape index (κ2) is 13.4. The summed E-state index contributed by atoms with van der Waals surface area (Å²) in [6.45, 7) is 6.66. The maximum absolute atomic E-state index is 13.3. The van der Waals surface area contributed by atoms with Crippen molar-refractivity contribution in [2.45, 2.75) is 32.6 Å². The van der Waals surface area contributed by atoms with Gasteiger partial charge in [-0.25, -0.2) is 9.97 Å². The van der Waals surface area contributed by atoms with Gasteiger partial charge in [-0.05, 0) is 67.3 Å². The van der Waals surface area contributed by atoms with E-state index in [0.717, 1.165) is 31.5 Å². The summed E-state index contributed by atoms with van der Waals surface area (Å²) in [7, 11) is 0. The Morgan fingerprint density at radius 3 is 2.68 bits per heavy atom. The van der Waals surface area contributed by atoms with Crippen LogP contribution in [0.3, 0.4) is 0 Å². The molecule has 3 N–H and O–H groups in total. The summed E-state index contributed by atoms with van der Waals surface area (Å²) in [6, 6.07) is 12.1. The summed E-state index contributed by atoms with van der Waals surface area (Å²) >= 11 is 5.86. The maximum Gasteiger partial charge on any atom is 0.277 e. The van der Waals surface area contributed by atoms with Gasteiger partial charge in [-0.2, -0.15) is 0 Å². The van der Waals surface area contributed by atoms with E-state index in [2.05, 4.69) is 39.8 Å². The van der Waals surface area contributed by atoms with Crippen LogP contribution in [-0.2, 0) is 0 Å². The van der Waals surface area contributed by atoms with Gasteiger partial charge >= 0.3 is 0 Å². The first-order valence-corrected chi connectivity index (χ1v) is 12.4. The molecular weight excluding hydrogens is 513 g/mol. The number of nitrogens with one attached hydrogen (secondary N) is 3. The van der Waals surface area contributed by atoms with Crippen LogP contribution in [-0.4, -0.2) is 41.5 Å². The third kappa shape index (κ3) is 7.64. The molecule has 0 spiro atoms. The van der Waals surface area contributed by atoms with E-state index in [0.29, 0.717) is 34.7 Å². The predicted molar refractivity (Wildman–Crippen MR) is 148 cm³/mol. The van der Waals surface area contributed by atoms with Crippen molar-refractivity contribution in [3.63, 3.8) is 0 Å². The molecule has 0 radical (unpaired) electrons. The Morgan fingerprint density at radius 2 is 1.97 bits per heavy atom. The highest BCUT2D eigenvalue weighted by Crippen LogP contribution is 2.27. The van der Waals surface area contributed by atoms with Crippen molar-refractivity contribution in [2.75, 3.05) is 30.3 Å². The molecule has 0 bridgehead atoms. The van der Waals surface area contributed by atoms with E-state index in [1.165, 1.54) is 12.4 Å². The highest BCUT2D eigenvalue weighted by molar-refractivity contribution is 6.30. The monoisotopic (exact) mass is 543 g/mol. The molecule has 3 heterocycles. The van der Waals surface area contributed by atoms with Crippen LogP contribution in [0.15, 0.2) is 54.9 Å². The van der Waals surface area contributed by atoms with Gasteiger partial charge in [0.2, 0.25) is 0 Å². The molecule has 1 atom stereocenters. The number of rotatable bonds is 8. The van der Waals surface area contributed by atoms with E-state index in [4.69, 9.17) is 16.3 Å². The van der Waals surface area contributed by atoms with Gasteiger partial charge in [-0.3, -0.25) is 9.59 Å². The van der Waals surface area contributed by atoms with Crippen molar-refractivity contribution in [3.05, 3.63) is 76.7 Å². The Morgan fingerprint density at radius 1 is 1.14 bits per heavy atom. The molecule has 1 aliphatic heterocycles. The summed E-state index contributed by atoms with van der Waals surface area (Å²) in [4.78, 5) is 34.5. The Labute approximate surface area is 228 Å². The van der Waals surface area contributed by atoms with Gasteiger partial charge < -0.3 is 20.7 Å². The van der Waals surface area contributed by atoms with Crippen molar-refractivity contribution >= 4 is 47.3 Å². The molecule has 3 aromatic rings. The molecule has 2 aromatic heterocycles. The van der Waals surface area contributed by atoms with Crippen LogP contribution >= 0.6 is 24.0 Å². The summed E-state index contributed by atoms with van der Waals surface area (Å²) in [5, 5.41) is 9.36. The summed E-state index contributed by atoms with van der Waals surface area (Å²) in [6.07, 6.45) is 5.13. The molecule has 1 aliphatic rings. The van der Waals surface area contributed by atoms with Gasteiger partial charge in [0.15, 0.2) is 5.69 Å². The zero-order chi connectivity index (χ0) is 25.5. The quantitative estimate of drug-likeness (QED) is 0.343. The number of benzene rings is 1. The van der Waals surface area contributed by atoms with Crippen LogP contribution in [0, 0.1) is 5.92 Å². The standard InChI is InChI=1S/C27H30ClN5O3.ClH/c1-17(2)19-7-9-21(23(13-19)36-16-18-5-3-11-29-14-18)26(34)32-22-6-4-12-30-25(22)27(35)33-24-10-8-20(28)15-31-24;/h4,6-10,12-13,15,17-18,29H,3,5,11,14,16H2,1-2H3,(H,32,34)(H,31,33,35);1H. The number of halogens is 2. The molecule has 0 aliphatic carbocycles. The van der Waals surface area contributed by atoms with Gasteiger partial charge in [0.1, 0.15) is 11.6 Å². The number of anilines is 2. The molecule has 0 saturated carbocycles. The molecule has 1 saturated heterocycles. The van der Waals surface area contributed by atoms with Crippen LogP contribution in [0.2, 0.25) is 5.02 Å². The fraction of sp³-hybridized carbons (Fsp3) is 0.333. The van der Waals surface area contributed by atoms with Crippen LogP contribution in [0.4, 0.5) is 11.5 Å². The molecule has 1 unspecified atom stereocenters. The predicted octanol–water partition coefficient (Wildman–Crippen LogP) is 5.56. The number of carbonyl (C=O) groups excluding carboxylic acids is 2. The fourth-order valence-corrected chi connectivity index (χ4v) is 4.09. The molecule has 196 valence electrons. The maximum atomic E-state index is 13.3. The number of aromatic nitrogens is 2. The van der Waals surface area contributed by atoms with Crippen molar-refractivity contribution in [1.82, 2.24) is 15.3 Å². The highest BCUT2D eigenvalue weighted by atomic mass is 35.5. The first kappa shape index (κ1) is 28.4. The van der Waals surface area contributed by atoms with E-state index in [9.17, 15) is 9.59 Å².